The molecule has 102 valence electrons. The van der Waals surface area contributed by atoms with Crippen LogP contribution in [0.5, 0.6) is 0 Å². The minimum absolute atomic E-state index is 0.0929. The van der Waals surface area contributed by atoms with Crippen molar-refractivity contribution in [2.45, 2.75) is 22.7 Å². The number of hydrogen-bond acceptors (Lipinski definition) is 4. The minimum Gasteiger partial charge on any atom is -0.499 e. The second-order valence-corrected chi connectivity index (χ2v) is 6.35. The zero-order valence-electron chi connectivity index (χ0n) is 9.66. The van der Waals surface area contributed by atoms with Gasteiger partial charge in [0, 0.05) is 6.08 Å². The van der Waals surface area contributed by atoms with Gasteiger partial charge in [-0.1, -0.05) is 34.8 Å². The molecule has 0 aromatic heterocycles. The van der Waals surface area contributed by atoms with Crippen LogP contribution in [0.3, 0.4) is 0 Å². The van der Waals surface area contributed by atoms with Crippen molar-refractivity contribution >= 4 is 46.6 Å². The van der Waals surface area contributed by atoms with E-state index in [1.54, 1.807) is 0 Å². The van der Waals surface area contributed by atoms with Crippen LogP contribution in [-0.2, 0) is 14.3 Å². The highest BCUT2D eigenvalue weighted by Crippen LogP contribution is 2.31. The Morgan fingerprint density at radius 1 is 1.61 bits per heavy atom. The Labute approximate surface area is 120 Å². The van der Waals surface area contributed by atoms with E-state index in [0.717, 1.165) is 4.90 Å². The molecule has 8 heteroatoms. The third-order valence-electron chi connectivity index (χ3n) is 2.45. The fourth-order valence-corrected chi connectivity index (χ4v) is 1.78. The lowest BCUT2D eigenvalue weighted by Gasteiger charge is -2.20. The van der Waals surface area contributed by atoms with Gasteiger partial charge in [-0.2, -0.15) is 0 Å². The van der Waals surface area contributed by atoms with E-state index in [4.69, 9.17) is 45.3 Å². The summed E-state index contributed by atoms with van der Waals surface area (Å²) in [5.41, 5.74) is 5.67. The highest BCUT2D eigenvalue weighted by Gasteiger charge is 2.32. The average molecular weight is 316 g/mol. The first-order chi connectivity index (χ1) is 8.24. The number of nitrogens with two attached hydrogens (primary N) is 1. The number of carbonyl (C=O) groups excluding carboxylic acids is 2. The summed E-state index contributed by atoms with van der Waals surface area (Å²) >= 11 is 16.7. The Balaban J connectivity index is 2.53. The van der Waals surface area contributed by atoms with Gasteiger partial charge in [-0.15, -0.1) is 0 Å². The highest BCUT2D eigenvalue weighted by molar-refractivity contribution is 6.67. The average Bonchev–Trinajstić information content (AvgIpc) is 2.65. The van der Waals surface area contributed by atoms with Gasteiger partial charge in [0.2, 0.25) is 5.91 Å². The van der Waals surface area contributed by atoms with Crippen LogP contribution < -0.4 is 5.73 Å². The lowest BCUT2D eigenvalue weighted by atomic mass is 10.1. The van der Waals surface area contributed by atoms with Crippen LogP contribution in [0.4, 0.5) is 0 Å². The summed E-state index contributed by atoms with van der Waals surface area (Å²) in [6.45, 7) is 0.0929. The molecule has 2 N–H and O–H groups in total. The van der Waals surface area contributed by atoms with Gasteiger partial charge < -0.3 is 10.5 Å². The van der Waals surface area contributed by atoms with Gasteiger partial charge >= 0.3 is 0 Å². The minimum atomic E-state index is -1.46. The van der Waals surface area contributed by atoms with Crippen LogP contribution in [0, 0.1) is 0 Å². The molecule has 5 nitrogen and oxygen atoms in total. The van der Waals surface area contributed by atoms with Gasteiger partial charge in [0.05, 0.1) is 19.7 Å². The molecule has 0 aromatic carbocycles. The molecular weight excluding hydrogens is 302 g/mol. The second-order valence-electron chi connectivity index (χ2n) is 3.84. The zero-order chi connectivity index (χ0) is 13.9. The smallest absolute Gasteiger partial charge is 0.257 e. The summed E-state index contributed by atoms with van der Waals surface area (Å²) in [6, 6.07) is -0.880. The lowest BCUT2D eigenvalue weighted by molar-refractivity contribution is -0.141. The van der Waals surface area contributed by atoms with Gasteiger partial charge in [0.15, 0.2) is 3.79 Å². The van der Waals surface area contributed by atoms with E-state index in [2.05, 4.69) is 0 Å². The molecule has 1 aliphatic rings. The molecule has 2 amide bonds. The van der Waals surface area contributed by atoms with Crippen molar-refractivity contribution in [2.24, 2.45) is 5.73 Å². The first-order valence-corrected chi connectivity index (χ1v) is 6.30. The number of amides is 2. The fourth-order valence-electron chi connectivity index (χ4n) is 1.45. The fraction of sp³-hybridized carbons (Fsp3) is 0.600. The first-order valence-electron chi connectivity index (χ1n) is 5.17. The first kappa shape index (κ1) is 15.6. The predicted molar refractivity (Wildman–Crippen MR) is 69.3 cm³/mol. The highest BCUT2D eigenvalue weighted by atomic mass is 35.6. The molecule has 0 saturated heterocycles. The number of alkyl halides is 3. The van der Waals surface area contributed by atoms with E-state index in [1.165, 1.54) is 13.2 Å². The van der Waals surface area contributed by atoms with Gasteiger partial charge in [-0.05, 0) is 12.8 Å². The summed E-state index contributed by atoms with van der Waals surface area (Å²) in [5, 5.41) is 0. The van der Waals surface area contributed by atoms with E-state index in [-0.39, 0.29) is 19.4 Å². The van der Waals surface area contributed by atoms with E-state index < -0.39 is 21.6 Å². The van der Waals surface area contributed by atoms with Crippen molar-refractivity contribution in [3.8, 4) is 0 Å². The molecule has 1 unspecified atom stereocenters. The van der Waals surface area contributed by atoms with Crippen LogP contribution >= 0.6 is 34.8 Å². The molecule has 1 rings (SSSR count). The maximum atomic E-state index is 11.9. The largest absolute Gasteiger partial charge is 0.499 e. The Kier molecular flexibility index (Phi) is 5.28. The Morgan fingerprint density at radius 3 is 2.67 bits per heavy atom. The molecule has 0 aromatic rings. The zero-order valence-corrected chi connectivity index (χ0v) is 11.9. The maximum absolute atomic E-state index is 11.9. The van der Waals surface area contributed by atoms with Crippen molar-refractivity contribution in [3.05, 3.63) is 11.8 Å². The number of halogens is 3. The monoisotopic (exact) mass is 314 g/mol. The molecule has 0 bridgehead atoms. The SMILES string of the molecule is COC1=CC(=O)N(C(=O)C(N)CCC(Cl)(Cl)Cl)C1. The van der Waals surface area contributed by atoms with Crippen molar-refractivity contribution < 1.29 is 14.3 Å². The van der Waals surface area contributed by atoms with Crippen LogP contribution in [0.25, 0.3) is 0 Å². The van der Waals surface area contributed by atoms with Gasteiger partial charge in [0.25, 0.3) is 5.91 Å². The lowest BCUT2D eigenvalue weighted by Crippen LogP contribution is -2.45. The number of methoxy groups -OCH3 is 1. The second kappa shape index (κ2) is 6.10. The van der Waals surface area contributed by atoms with E-state index >= 15 is 0 Å². The predicted octanol–water partition coefficient (Wildman–Crippen LogP) is 1.36. The van der Waals surface area contributed by atoms with E-state index in [9.17, 15) is 9.59 Å². The van der Waals surface area contributed by atoms with Crippen LogP contribution in [0.2, 0.25) is 0 Å². The maximum Gasteiger partial charge on any atom is 0.257 e. The molecule has 0 spiro atoms. The molecule has 0 fully saturated rings. The number of nitrogens with zero attached hydrogens (tertiary/aromatic N) is 1. The van der Waals surface area contributed by atoms with Gasteiger partial charge in [-0.25, -0.2) is 0 Å². The Hall–Kier alpha value is -0.490. The van der Waals surface area contributed by atoms with E-state index in [0.29, 0.717) is 5.76 Å². The number of hydrogen-bond donors (Lipinski definition) is 1. The third-order valence-corrected chi connectivity index (χ3v) is 3.02. The van der Waals surface area contributed by atoms with E-state index in [1.807, 2.05) is 0 Å². The molecule has 1 heterocycles. The standard InChI is InChI=1S/C10H13Cl3N2O3/c1-18-6-4-8(16)15(5-6)9(17)7(14)2-3-10(11,12)13/h4,7H,2-3,5,14H2,1H3. The molecule has 0 saturated carbocycles. The molecule has 0 radical (unpaired) electrons. The third kappa shape index (κ3) is 4.31. The van der Waals surface area contributed by atoms with Crippen molar-refractivity contribution in [1.29, 1.82) is 0 Å². The molecular formula is C10H13Cl3N2O3. The van der Waals surface area contributed by atoms with Gasteiger partial charge in [-0.3, -0.25) is 14.5 Å². The van der Waals surface area contributed by atoms with Crippen molar-refractivity contribution in [1.82, 2.24) is 4.90 Å². The topological polar surface area (TPSA) is 72.6 Å². The van der Waals surface area contributed by atoms with Crippen LogP contribution in [0.1, 0.15) is 12.8 Å². The summed E-state index contributed by atoms with van der Waals surface area (Å²) in [5.74, 6) is -0.527. The molecule has 1 aliphatic heterocycles. The molecule has 1 atom stereocenters. The summed E-state index contributed by atoms with van der Waals surface area (Å²) in [4.78, 5) is 24.4. The number of imide groups is 1. The molecule has 18 heavy (non-hydrogen) atoms. The number of rotatable bonds is 4. The summed E-state index contributed by atoms with van der Waals surface area (Å²) < 4.78 is 3.44. The van der Waals surface area contributed by atoms with Crippen LogP contribution in [0.15, 0.2) is 11.8 Å². The van der Waals surface area contributed by atoms with Crippen LogP contribution in [-0.4, -0.2) is 40.2 Å². The van der Waals surface area contributed by atoms with Crippen molar-refractivity contribution in [3.63, 3.8) is 0 Å². The summed E-state index contributed by atoms with van der Waals surface area (Å²) in [7, 11) is 1.43. The molecule has 0 aliphatic carbocycles. The number of carbonyl (C=O) groups is 2. The Bertz CT molecular complexity index is 379. The summed E-state index contributed by atoms with van der Waals surface area (Å²) in [6.07, 6.45) is 1.57. The number of ether oxygens (including phenoxy) is 1. The Morgan fingerprint density at radius 2 is 2.22 bits per heavy atom. The normalized spacial score (nSPS) is 17.7. The quantitative estimate of drug-likeness (QED) is 0.795. The van der Waals surface area contributed by atoms with Gasteiger partial charge in [0.1, 0.15) is 5.76 Å². The van der Waals surface area contributed by atoms with Crippen molar-refractivity contribution in [2.75, 3.05) is 13.7 Å².